The first-order valence-corrected chi connectivity index (χ1v) is 4.16. The SMILES string of the molecule is OCOc1cc(Cl)c(Cl)cc1Cl. The van der Waals surface area contributed by atoms with E-state index in [1.807, 2.05) is 0 Å². The number of benzene rings is 1. The molecule has 1 aromatic carbocycles. The van der Waals surface area contributed by atoms with Gasteiger partial charge in [0.05, 0.1) is 15.1 Å². The summed E-state index contributed by atoms with van der Waals surface area (Å²) in [6.45, 7) is -0.447. The van der Waals surface area contributed by atoms with Crippen LogP contribution in [-0.2, 0) is 0 Å². The van der Waals surface area contributed by atoms with Crippen LogP contribution >= 0.6 is 34.8 Å². The van der Waals surface area contributed by atoms with Crippen molar-refractivity contribution in [2.45, 2.75) is 0 Å². The van der Waals surface area contributed by atoms with E-state index in [2.05, 4.69) is 0 Å². The first-order chi connectivity index (χ1) is 5.65. The summed E-state index contributed by atoms with van der Waals surface area (Å²) >= 11 is 17.0. The topological polar surface area (TPSA) is 29.5 Å². The zero-order chi connectivity index (χ0) is 9.14. The minimum atomic E-state index is -0.447. The van der Waals surface area contributed by atoms with Crippen molar-refractivity contribution in [3.8, 4) is 5.75 Å². The van der Waals surface area contributed by atoms with Crippen molar-refractivity contribution >= 4 is 34.8 Å². The molecule has 12 heavy (non-hydrogen) atoms. The lowest BCUT2D eigenvalue weighted by Crippen LogP contribution is -1.95. The van der Waals surface area contributed by atoms with Crippen molar-refractivity contribution < 1.29 is 9.84 Å². The number of aliphatic hydroxyl groups excluding tert-OH is 1. The highest BCUT2D eigenvalue weighted by Gasteiger charge is 2.05. The first-order valence-electron chi connectivity index (χ1n) is 3.03. The minimum absolute atomic E-state index is 0.313. The van der Waals surface area contributed by atoms with Crippen LogP contribution in [0.2, 0.25) is 15.1 Å². The van der Waals surface area contributed by atoms with Gasteiger partial charge in [0, 0.05) is 6.07 Å². The fourth-order valence-corrected chi connectivity index (χ4v) is 1.28. The minimum Gasteiger partial charge on any atom is -0.466 e. The van der Waals surface area contributed by atoms with Crippen molar-refractivity contribution in [3.63, 3.8) is 0 Å². The average molecular weight is 227 g/mol. The maximum Gasteiger partial charge on any atom is 0.186 e. The number of rotatable bonds is 2. The second-order valence-corrected chi connectivity index (χ2v) is 3.19. The second-order valence-electron chi connectivity index (χ2n) is 1.97. The molecule has 0 unspecified atom stereocenters. The number of aliphatic hydroxyl groups is 1. The molecule has 0 aromatic heterocycles. The molecule has 1 N–H and O–H groups in total. The molecule has 2 nitrogen and oxygen atoms in total. The van der Waals surface area contributed by atoms with Gasteiger partial charge in [0.2, 0.25) is 0 Å². The van der Waals surface area contributed by atoms with Gasteiger partial charge in [0.25, 0.3) is 0 Å². The Morgan fingerprint density at radius 1 is 1.08 bits per heavy atom. The van der Waals surface area contributed by atoms with Crippen LogP contribution in [0.25, 0.3) is 0 Å². The molecule has 0 amide bonds. The van der Waals surface area contributed by atoms with Crippen molar-refractivity contribution in [2.75, 3.05) is 6.79 Å². The Balaban J connectivity index is 3.05. The van der Waals surface area contributed by atoms with Gasteiger partial charge < -0.3 is 9.84 Å². The number of hydrogen-bond donors (Lipinski definition) is 1. The maximum atomic E-state index is 8.45. The van der Waals surface area contributed by atoms with Crippen LogP contribution in [0.3, 0.4) is 0 Å². The van der Waals surface area contributed by atoms with Gasteiger partial charge in [0.15, 0.2) is 6.79 Å². The molecule has 0 saturated carbocycles. The number of halogens is 3. The summed E-state index contributed by atoms with van der Waals surface area (Å²) in [7, 11) is 0. The van der Waals surface area contributed by atoms with Gasteiger partial charge >= 0.3 is 0 Å². The maximum absolute atomic E-state index is 8.45. The normalized spacial score (nSPS) is 10.0. The molecule has 66 valence electrons. The van der Waals surface area contributed by atoms with Crippen molar-refractivity contribution in [1.82, 2.24) is 0 Å². The summed E-state index contributed by atoms with van der Waals surface area (Å²) in [5, 5.41) is 9.46. The third kappa shape index (κ3) is 2.17. The summed E-state index contributed by atoms with van der Waals surface area (Å²) in [5.74, 6) is 0.313. The molecule has 1 rings (SSSR count). The fraction of sp³-hybridized carbons (Fsp3) is 0.143. The highest BCUT2D eigenvalue weighted by molar-refractivity contribution is 6.43. The Hall–Kier alpha value is -0.150. The van der Waals surface area contributed by atoms with E-state index in [0.717, 1.165) is 0 Å². The largest absolute Gasteiger partial charge is 0.466 e. The Morgan fingerprint density at radius 3 is 2.25 bits per heavy atom. The van der Waals surface area contributed by atoms with Crippen molar-refractivity contribution in [1.29, 1.82) is 0 Å². The molecule has 0 radical (unpaired) electrons. The summed E-state index contributed by atoms with van der Waals surface area (Å²) in [6.07, 6.45) is 0. The van der Waals surface area contributed by atoms with Crippen LogP contribution < -0.4 is 4.74 Å². The Bertz CT molecular complexity index is 288. The molecule has 0 heterocycles. The Morgan fingerprint density at radius 2 is 1.67 bits per heavy atom. The molecule has 0 aliphatic heterocycles. The first kappa shape index (κ1) is 9.93. The molecule has 0 aliphatic carbocycles. The van der Waals surface area contributed by atoms with E-state index in [0.29, 0.717) is 20.8 Å². The van der Waals surface area contributed by atoms with Gasteiger partial charge in [-0.05, 0) is 6.07 Å². The van der Waals surface area contributed by atoms with E-state index in [1.165, 1.54) is 12.1 Å². The monoisotopic (exact) mass is 226 g/mol. The zero-order valence-electron chi connectivity index (χ0n) is 5.85. The lowest BCUT2D eigenvalue weighted by molar-refractivity contribution is 0.0986. The van der Waals surface area contributed by atoms with Crippen LogP contribution in [-0.4, -0.2) is 11.9 Å². The predicted molar refractivity (Wildman–Crippen MR) is 49.2 cm³/mol. The highest BCUT2D eigenvalue weighted by Crippen LogP contribution is 2.33. The standard InChI is InChI=1S/C7H5Cl3O2/c8-4-1-6(10)7(12-3-11)2-5(4)9/h1-2,11H,3H2. The highest BCUT2D eigenvalue weighted by atomic mass is 35.5. The quantitative estimate of drug-likeness (QED) is 0.622. The molecule has 0 saturated heterocycles. The third-order valence-electron chi connectivity index (χ3n) is 1.19. The van der Waals surface area contributed by atoms with Gasteiger partial charge in [-0.1, -0.05) is 34.8 Å². The Labute approximate surface area is 84.6 Å². The molecule has 0 atom stereocenters. The van der Waals surface area contributed by atoms with E-state index in [4.69, 9.17) is 44.6 Å². The fourth-order valence-electron chi connectivity index (χ4n) is 0.684. The average Bonchev–Trinajstić information content (AvgIpc) is 2.01. The summed E-state index contributed by atoms with van der Waals surface area (Å²) in [6, 6.07) is 2.90. The molecule has 1 aromatic rings. The second kappa shape index (κ2) is 4.19. The van der Waals surface area contributed by atoms with Crippen LogP contribution in [0.5, 0.6) is 5.75 Å². The Kier molecular flexibility index (Phi) is 3.47. The summed E-state index contributed by atoms with van der Waals surface area (Å²) < 4.78 is 4.75. The zero-order valence-corrected chi connectivity index (χ0v) is 8.12. The van der Waals surface area contributed by atoms with E-state index in [9.17, 15) is 0 Å². The third-order valence-corrected chi connectivity index (χ3v) is 2.21. The number of ether oxygens (including phenoxy) is 1. The van der Waals surface area contributed by atoms with Gasteiger partial charge in [-0.3, -0.25) is 0 Å². The van der Waals surface area contributed by atoms with Crippen LogP contribution in [0.15, 0.2) is 12.1 Å². The molecule has 5 heteroatoms. The summed E-state index contributed by atoms with van der Waals surface area (Å²) in [5.41, 5.74) is 0. The van der Waals surface area contributed by atoms with Crippen molar-refractivity contribution in [2.24, 2.45) is 0 Å². The van der Waals surface area contributed by atoms with Crippen LogP contribution in [0.4, 0.5) is 0 Å². The lowest BCUT2D eigenvalue weighted by Gasteiger charge is -2.05. The van der Waals surface area contributed by atoms with Gasteiger partial charge in [0.1, 0.15) is 5.75 Å². The van der Waals surface area contributed by atoms with E-state index in [-0.39, 0.29) is 0 Å². The van der Waals surface area contributed by atoms with Crippen LogP contribution in [0, 0.1) is 0 Å². The van der Waals surface area contributed by atoms with Gasteiger partial charge in [-0.25, -0.2) is 0 Å². The van der Waals surface area contributed by atoms with E-state index in [1.54, 1.807) is 0 Å². The van der Waals surface area contributed by atoms with E-state index < -0.39 is 6.79 Å². The molecular formula is C7H5Cl3O2. The van der Waals surface area contributed by atoms with Crippen molar-refractivity contribution in [3.05, 3.63) is 27.2 Å². The molecule has 0 aliphatic rings. The lowest BCUT2D eigenvalue weighted by atomic mass is 10.3. The molecule has 0 bridgehead atoms. The predicted octanol–water partition coefficient (Wildman–Crippen LogP) is 2.98. The summed E-state index contributed by atoms with van der Waals surface area (Å²) in [4.78, 5) is 0. The molecular weight excluding hydrogens is 222 g/mol. The van der Waals surface area contributed by atoms with Gasteiger partial charge in [-0.15, -0.1) is 0 Å². The molecule has 0 spiro atoms. The smallest absolute Gasteiger partial charge is 0.186 e. The molecule has 0 fully saturated rings. The number of hydrogen-bond acceptors (Lipinski definition) is 2. The van der Waals surface area contributed by atoms with E-state index >= 15 is 0 Å². The van der Waals surface area contributed by atoms with Gasteiger partial charge in [-0.2, -0.15) is 0 Å². The van der Waals surface area contributed by atoms with Crippen LogP contribution in [0.1, 0.15) is 0 Å².